The molecule has 6 heteroatoms. The molecule has 1 aliphatic rings. The molecule has 0 saturated carbocycles. The van der Waals surface area contributed by atoms with E-state index in [1.165, 1.54) is 12.1 Å². The van der Waals surface area contributed by atoms with E-state index in [9.17, 15) is 14.7 Å². The number of nitrogens with zero attached hydrogens (tertiary/aromatic N) is 1. The zero-order valence-electron chi connectivity index (χ0n) is 11.0. The number of carbonyl (C=O) groups is 2. The van der Waals surface area contributed by atoms with Crippen LogP contribution >= 0.6 is 0 Å². The van der Waals surface area contributed by atoms with E-state index in [4.69, 9.17) is 9.84 Å². The number of piperidine rings is 1. The molecule has 1 aliphatic heterocycles. The summed E-state index contributed by atoms with van der Waals surface area (Å²) in [6.07, 6.45) is 1.17. The number of aliphatic carboxylic acids is 1. The summed E-state index contributed by atoms with van der Waals surface area (Å²) in [5, 5.41) is 17.7. The Kier molecular flexibility index (Phi) is 4.57. The molecule has 0 aliphatic carbocycles. The van der Waals surface area contributed by atoms with Crippen molar-refractivity contribution in [3.05, 3.63) is 29.8 Å². The Balaban J connectivity index is 1.85. The summed E-state index contributed by atoms with van der Waals surface area (Å²) in [4.78, 5) is 24.3. The van der Waals surface area contributed by atoms with Gasteiger partial charge in [0.25, 0.3) is 5.91 Å². The van der Waals surface area contributed by atoms with Crippen LogP contribution in [0.1, 0.15) is 23.2 Å². The molecule has 0 radical (unpaired) electrons. The quantitative estimate of drug-likeness (QED) is 0.861. The third kappa shape index (κ3) is 3.71. The Morgan fingerprint density at radius 3 is 2.35 bits per heavy atom. The summed E-state index contributed by atoms with van der Waals surface area (Å²) in [5.74, 6) is -0.934. The molecule has 20 heavy (non-hydrogen) atoms. The van der Waals surface area contributed by atoms with E-state index in [-0.39, 0.29) is 24.4 Å². The van der Waals surface area contributed by atoms with Crippen molar-refractivity contribution in [3.8, 4) is 5.75 Å². The minimum atomic E-state index is -0.979. The second-order valence-electron chi connectivity index (χ2n) is 4.74. The number of rotatable bonds is 4. The number of carboxylic acid groups (broad SMARTS) is 1. The number of carbonyl (C=O) groups excluding carboxylic acids is 1. The maximum atomic E-state index is 12.2. The lowest BCUT2D eigenvalue weighted by Crippen LogP contribution is -2.41. The van der Waals surface area contributed by atoms with Crippen LogP contribution in [0.25, 0.3) is 0 Å². The van der Waals surface area contributed by atoms with Crippen LogP contribution in [0.4, 0.5) is 0 Å². The smallest absolute Gasteiger partial charge is 0.329 e. The maximum Gasteiger partial charge on any atom is 0.329 e. The van der Waals surface area contributed by atoms with Gasteiger partial charge in [-0.2, -0.15) is 0 Å². The first kappa shape index (κ1) is 14.3. The van der Waals surface area contributed by atoms with Gasteiger partial charge < -0.3 is 19.8 Å². The number of hydrogen-bond donors (Lipinski definition) is 2. The maximum absolute atomic E-state index is 12.2. The monoisotopic (exact) mass is 279 g/mol. The molecular formula is C14H17NO5. The molecule has 0 atom stereocenters. The van der Waals surface area contributed by atoms with E-state index < -0.39 is 5.97 Å². The highest BCUT2D eigenvalue weighted by molar-refractivity contribution is 5.94. The lowest BCUT2D eigenvalue weighted by molar-refractivity contribution is -0.145. The van der Waals surface area contributed by atoms with Crippen molar-refractivity contribution in [1.82, 2.24) is 4.90 Å². The first-order valence-corrected chi connectivity index (χ1v) is 6.48. The van der Waals surface area contributed by atoms with E-state index >= 15 is 0 Å². The molecule has 108 valence electrons. The van der Waals surface area contributed by atoms with Crippen molar-refractivity contribution in [1.29, 1.82) is 0 Å². The Labute approximate surface area is 116 Å². The van der Waals surface area contributed by atoms with Crippen LogP contribution in [-0.4, -0.2) is 52.8 Å². The Bertz CT molecular complexity index is 477. The van der Waals surface area contributed by atoms with Gasteiger partial charge in [0.05, 0.1) is 6.10 Å². The van der Waals surface area contributed by atoms with E-state index in [0.29, 0.717) is 31.5 Å². The fraction of sp³-hybridized carbons (Fsp3) is 0.429. The lowest BCUT2D eigenvalue weighted by Gasteiger charge is -2.31. The fourth-order valence-electron chi connectivity index (χ4n) is 2.20. The van der Waals surface area contributed by atoms with Gasteiger partial charge in [0.2, 0.25) is 0 Å². The fourth-order valence-corrected chi connectivity index (χ4v) is 2.20. The number of phenolic OH excluding ortho intramolecular Hbond substituents is 1. The van der Waals surface area contributed by atoms with Crippen LogP contribution in [-0.2, 0) is 9.53 Å². The van der Waals surface area contributed by atoms with Gasteiger partial charge in [-0.05, 0) is 37.1 Å². The predicted octanol–water partition coefficient (Wildman–Crippen LogP) is 1.10. The van der Waals surface area contributed by atoms with Crippen LogP contribution in [0.5, 0.6) is 5.75 Å². The van der Waals surface area contributed by atoms with Crippen LogP contribution < -0.4 is 0 Å². The molecule has 0 unspecified atom stereocenters. The zero-order chi connectivity index (χ0) is 14.5. The average molecular weight is 279 g/mol. The summed E-state index contributed by atoms with van der Waals surface area (Å²) in [6, 6.07) is 6.14. The van der Waals surface area contributed by atoms with E-state index in [0.717, 1.165) is 0 Å². The molecule has 1 heterocycles. The van der Waals surface area contributed by atoms with E-state index in [1.54, 1.807) is 17.0 Å². The van der Waals surface area contributed by atoms with Gasteiger partial charge in [-0.25, -0.2) is 4.79 Å². The van der Waals surface area contributed by atoms with Crippen LogP contribution in [0, 0.1) is 0 Å². The predicted molar refractivity (Wildman–Crippen MR) is 70.6 cm³/mol. The Morgan fingerprint density at radius 2 is 1.80 bits per heavy atom. The standard InChI is InChI=1S/C14H17NO5/c16-11-3-1-10(2-4-11)14(19)15-7-5-12(6-8-15)20-9-13(17)18/h1-4,12,16H,5-9H2,(H,17,18). The molecular weight excluding hydrogens is 262 g/mol. The molecule has 1 saturated heterocycles. The van der Waals surface area contributed by atoms with Gasteiger partial charge in [-0.3, -0.25) is 4.79 Å². The molecule has 1 fully saturated rings. The van der Waals surface area contributed by atoms with Crippen molar-refractivity contribution < 1.29 is 24.5 Å². The third-order valence-corrected chi connectivity index (χ3v) is 3.29. The third-order valence-electron chi connectivity index (χ3n) is 3.29. The second-order valence-corrected chi connectivity index (χ2v) is 4.74. The van der Waals surface area contributed by atoms with Crippen LogP contribution in [0.3, 0.4) is 0 Å². The number of amides is 1. The summed E-state index contributed by atoms with van der Waals surface area (Å²) in [7, 11) is 0. The highest BCUT2D eigenvalue weighted by Gasteiger charge is 2.24. The molecule has 2 rings (SSSR count). The molecule has 6 nitrogen and oxygen atoms in total. The topological polar surface area (TPSA) is 87.1 Å². The van der Waals surface area contributed by atoms with Gasteiger partial charge in [0.1, 0.15) is 12.4 Å². The van der Waals surface area contributed by atoms with Gasteiger partial charge in [0, 0.05) is 18.7 Å². The minimum Gasteiger partial charge on any atom is -0.508 e. The number of phenols is 1. The molecule has 1 amide bonds. The normalized spacial score (nSPS) is 16.1. The second kappa shape index (κ2) is 6.38. The average Bonchev–Trinajstić information content (AvgIpc) is 2.46. The lowest BCUT2D eigenvalue weighted by atomic mass is 10.1. The summed E-state index contributed by atoms with van der Waals surface area (Å²) in [5.41, 5.74) is 0.535. The molecule has 1 aromatic carbocycles. The summed E-state index contributed by atoms with van der Waals surface area (Å²) < 4.78 is 5.22. The van der Waals surface area contributed by atoms with Crippen molar-refractivity contribution in [2.24, 2.45) is 0 Å². The summed E-state index contributed by atoms with van der Waals surface area (Å²) >= 11 is 0. The Hall–Kier alpha value is -2.08. The minimum absolute atomic E-state index is 0.0818. The van der Waals surface area contributed by atoms with Gasteiger partial charge >= 0.3 is 5.97 Å². The van der Waals surface area contributed by atoms with Crippen molar-refractivity contribution in [2.75, 3.05) is 19.7 Å². The molecule has 0 bridgehead atoms. The van der Waals surface area contributed by atoms with Crippen molar-refractivity contribution in [3.63, 3.8) is 0 Å². The SMILES string of the molecule is O=C(O)COC1CCN(C(=O)c2ccc(O)cc2)CC1. The van der Waals surface area contributed by atoms with Gasteiger partial charge in [-0.1, -0.05) is 0 Å². The Morgan fingerprint density at radius 1 is 1.20 bits per heavy atom. The van der Waals surface area contributed by atoms with Gasteiger partial charge in [0.15, 0.2) is 0 Å². The first-order chi connectivity index (χ1) is 9.56. The highest BCUT2D eigenvalue weighted by atomic mass is 16.5. The molecule has 0 aromatic heterocycles. The number of ether oxygens (including phenoxy) is 1. The number of benzene rings is 1. The van der Waals surface area contributed by atoms with E-state index in [2.05, 4.69) is 0 Å². The number of hydrogen-bond acceptors (Lipinski definition) is 4. The molecule has 1 aromatic rings. The summed E-state index contributed by atoms with van der Waals surface area (Å²) in [6.45, 7) is 0.796. The van der Waals surface area contributed by atoms with Crippen LogP contribution in [0.2, 0.25) is 0 Å². The molecule has 0 spiro atoms. The number of carboxylic acids is 1. The first-order valence-electron chi connectivity index (χ1n) is 6.48. The highest BCUT2D eigenvalue weighted by Crippen LogP contribution is 2.17. The van der Waals surface area contributed by atoms with Crippen LogP contribution in [0.15, 0.2) is 24.3 Å². The van der Waals surface area contributed by atoms with E-state index in [1.807, 2.05) is 0 Å². The number of likely N-dealkylation sites (tertiary alicyclic amines) is 1. The number of aromatic hydroxyl groups is 1. The zero-order valence-corrected chi connectivity index (χ0v) is 11.0. The van der Waals surface area contributed by atoms with Gasteiger partial charge in [-0.15, -0.1) is 0 Å². The molecule has 2 N–H and O–H groups in total. The largest absolute Gasteiger partial charge is 0.508 e. The van der Waals surface area contributed by atoms with Crippen molar-refractivity contribution in [2.45, 2.75) is 18.9 Å². The van der Waals surface area contributed by atoms with Crippen molar-refractivity contribution >= 4 is 11.9 Å².